The first-order chi connectivity index (χ1) is 12.0. The summed E-state index contributed by atoms with van der Waals surface area (Å²) in [6.45, 7) is 0.353. The van der Waals surface area contributed by atoms with Crippen LogP contribution in [0.25, 0.3) is 0 Å². The molecule has 1 aromatic heterocycles. The number of fused-ring (bicyclic) bond motifs is 1. The van der Waals surface area contributed by atoms with Crippen molar-refractivity contribution in [2.24, 2.45) is 7.05 Å². The topological polar surface area (TPSA) is 118 Å². The van der Waals surface area contributed by atoms with E-state index in [0.717, 1.165) is 0 Å². The zero-order valence-corrected chi connectivity index (χ0v) is 13.7. The average molecular weight is 342 g/mol. The van der Waals surface area contributed by atoms with Crippen molar-refractivity contribution in [3.8, 4) is 0 Å². The SMILES string of the molecule is Cn1cnc(CCNC(=O)CC2NC(=O)c3ccccc3NC2=O)n1. The molecule has 2 heterocycles. The van der Waals surface area contributed by atoms with Crippen LogP contribution in [-0.2, 0) is 23.1 Å². The van der Waals surface area contributed by atoms with Gasteiger partial charge >= 0.3 is 0 Å². The molecular weight excluding hydrogens is 324 g/mol. The van der Waals surface area contributed by atoms with E-state index in [1.807, 2.05) is 0 Å². The molecule has 3 amide bonds. The van der Waals surface area contributed by atoms with Crippen LogP contribution in [0.15, 0.2) is 30.6 Å². The molecule has 0 saturated heterocycles. The van der Waals surface area contributed by atoms with E-state index in [4.69, 9.17) is 0 Å². The fourth-order valence-corrected chi connectivity index (χ4v) is 2.52. The van der Waals surface area contributed by atoms with E-state index in [0.29, 0.717) is 30.0 Å². The van der Waals surface area contributed by atoms with Gasteiger partial charge in [0.05, 0.1) is 17.7 Å². The molecule has 0 spiro atoms. The highest BCUT2D eigenvalue weighted by Gasteiger charge is 2.29. The van der Waals surface area contributed by atoms with Gasteiger partial charge in [-0.25, -0.2) is 4.98 Å². The summed E-state index contributed by atoms with van der Waals surface area (Å²) in [5.41, 5.74) is 0.814. The molecule has 3 rings (SSSR count). The number of carbonyl (C=O) groups excluding carboxylic acids is 3. The van der Waals surface area contributed by atoms with Gasteiger partial charge in [0.15, 0.2) is 5.82 Å². The predicted molar refractivity (Wildman–Crippen MR) is 88.7 cm³/mol. The number of hydrogen-bond donors (Lipinski definition) is 3. The van der Waals surface area contributed by atoms with E-state index in [9.17, 15) is 14.4 Å². The van der Waals surface area contributed by atoms with Crippen molar-refractivity contribution in [2.45, 2.75) is 18.9 Å². The second-order valence-electron chi connectivity index (χ2n) is 5.70. The Labute approximate surface area is 143 Å². The number of benzene rings is 1. The van der Waals surface area contributed by atoms with Gasteiger partial charge in [-0.15, -0.1) is 0 Å². The summed E-state index contributed by atoms with van der Waals surface area (Å²) in [6.07, 6.45) is 1.93. The van der Waals surface area contributed by atoms with Gasteiger partial charge in [0, 0.05) is 20.0 Å². The van der Waals surface area contributed by atoms with Crippen LogP contribution in [0.3, 0.4) is 0 Å². The molecule has 9 nitrogen and oxygen atoms in total. The van der Waals surface area contributed by atoms with Gasteiger partial charge < -0.3 is 16.0 Å². The Kier molecular flexibility index (Phi) is 4.73. The van der Waals surface area contributed by atoms with Crippen LogP contribution >= 0.6 is 0 Å². The van der Waals surface area contributed by atoms with Gasteiger partial charge in [-0.2, -0.15) is 5.10 Å². The van der Waals surface area contributed by atoms with Crippen molar-refractivity contribution in [1.29, 1.82) is 0 Å². The Morgan fingerprint density at radius 3 is 2.88 bits per heavy atom. The van der Waals surface area contributed by atoms with E-state index < -0.39 is 11.9 Å². The highest BCUT2D eigenvalue weighted by molar-refractivity contribution is 6.10. The lowest BCUT2D eigenvalue weighted by Gasteiger charge is -2.14. The summed E-state index contributed by atoms with van der Waals surface area (Å²) in [5.74, 6) is -0.509. The van der Waals surface area contributed by atoms with E-state index in [2.05, 4.69) is 26.0 Å². The molecule has 130 valence electrons. The number of para-hydroxylation sites is 1. The van der Waals surface area contributed by atoms with E-state index in [1.165, 1.54) is 0 Å². The Morgan fingerprint density at radius 2 is 2.12 bits per heavy atom. The predicted octanol–water partition coefficient (Wildman–Crippen LogP) is -0.385. The number of aromatic nitrogens is 3. The van der Waals surface area contributed by atoms with Crippen LogP contribution in [0, 0.1) is 0 Å². The molecule has 0 fully saturated rings. The number of rotatable bonds is 5. The first kappa shape index (κ1) is 16.6. The van der Waals surface area contributed by atoms with Crippen molar-refractivity contribution in [3.05, 3.63) is 42.0 Å². The molecule has 1 atom stereocenters. The Balaban J connectivity index is 1.54. The molecule has 0 aliphatic carbocycles. The van der Waals surface area contributed by atoms with Gasteiger partial charge in [0.2, 0.25) is 11.8 Å². The van der Waals surface area contributed by atoms with E-state index in [-0.39, 0.29) is 18.2 Å². The van der Waals surface area contributed by atoms with Crippen molar-refractivity contribution in [3.63, 3.8) is 0 Å². The minimum absolute atomic E-state index is 0.138. The fourth-order valence-electron chi connectivity index (χ4n) is 2.52. The standard InChI is InChI=1S/C16H18N6O3/c1-22-9-18-13(21-22)6-7-17-14(23)8-12-16(25)19-11-5-3-2-4-10(11)15(24)20-12/h2-5,9,12H,6-8H2,1H3,(H,17,23)(H,19,25)(H,20,24). The Hall–Kier alpha value is -3.23. The quantitative estimate of drug-likeness (QED) is 0.684. The number of nitrogens with one attached hydrogen (secondary N) is 3. The fraction of sp³-hybridized carbons (Fsp3) is 0.312. The zero-order valence-electron chi connectivity index (χ0n) is 13.7. The summed E-state index contributed by atoms with van der Waals surface area (Å²) in [6, 6.07) is 5.78. The summed E-state index contributed by atoms with van der Waals surface area (Å²) >= 11 is 0. The first-order valence-electron chi connectivity index (χ1n) is 7.85. The number of amides is 3. The summed E-state index contributed by atoms with van der Waals surface area (Å²) in [7, 11) is 1.76. The van der Waals surface area contributed by atoms with Gasteiger partial charge in [-0.1, -0.05) is 12.1 Å². The van der Waals surface area contributed by atoms with Crippen LogP contribution in [0.2, 0.25) is 0 Å². The highest BCUT2D eigenvalue weighted by Crippen LogP contribution is 2.18. The van der Waals surface area contributed by atoms with Gasteiger partial charge in [-0.05, 0) is 12.1 Å². The second kappa shape index (κ2) is 7.12. The molecule has 1 unspecified atom stereocenters. The molecule has 0 radical (unpaired) electrons. The molecular formula is C16H18N6O3. The second-order valence-corrected chi connectivity index (χ2v) is 5.70. The lowest BCUT2D eigenvalue weighted by Crippen LogP contribution is -2.44. The third-order valence-electron chi connectivity index (χ3n) is 3.76. The van der Waals surface area contributed by atoms with Gasteiger partial charge in [0.25, 0.3) is 5.91 Å². The van der Waals surface area contributed by atoms with Crippen molar-refractivity contribution in [2.75, 3.05) is 11.9 Å². The maximum Gasteiger partial charge on any atom is 0.254 e. The number of nitrogens with zero attached hydrogens (tertiary/aromatic N) is 3. The molecule has 1 aromatic carbocycles. The monoisotopic (exact) mass is 342 g/mol. The summed E-state index contributed by atoms with van der Waals surface area (Å²) in [4.78, 5) is 40.5. The van der Waals surface area contributed by atoms with E-state index >= 15 is 0 Å². The van der Waals surface area contributed by atoms with Crippen LogP contribution in [0.4, 0.5) is 5.69 Å². The zero-order chi connectivity index (χ0) is 17.8. The lowest BCUT2D eigenvalue weighted by molar-refractivity contribution is -0.125. The molecule has 2 aromatic rings. The van der Waals surface area contributed by atoms with E-state index in [1.54, 1.807) is 42.3 Å². The molecule has 3 N–H and O–H groups in total. The normalized spacial score (nSPS) is 16.4. The Bertz CT molecular complexity index is 816. The number of aryl methyl sites for hydroxylation is 1. The average Bonchev–Trinajstić information content (AvgIpc) is 2.95. The van der Waals surface area contributed by atoms with Crippen LogP contribution in [-0.4, -0.2) is 45.1 Å². The third-order valence-corrected chi connectivity index (χ3v) is 3.76. The minimum atomic E-state index is -0.923. The van der Waals surface area contributed by atoms with Crippen LogP contribution < -0.4 is 16.0 Å². The van der Waals surface area contributed by atoms with Crippen LogP contribution in [0.5, 0.6) is 0 Å². The number of anilines is 1. The van der Waals surface area contributed by atoms with Crippen LogP contribution in [0.1, 0.15) is 22.6 Å². The molecule has 25 heavy (non-hydrogen) atoms. The number of carbonyl (C=O) groups is 3. The molecule has 1 aliphatic rings. The summed E-state index contributed by atoms with van der Waals surface area (Å²) in [5, 5.41) is 12.1. The number of hydrogen-bond acceptors (Lipinski definition) is 5. The van der Waals surface area contributed by atoms with Gasteiger partial charge in [-0.3, -0.25) is 19.1 Å². The van der Waals surface area contributed by atoms with Crippen molar-refractivity contribution < 1.29 is 14.4 Å². The minimum Gasteiger partial charge on any atom is -0.356 e. The maximum absolute atomic E-state index is 12.2. The lowest BCUT2D eigenvalue weighted by atomic mass is 10.1. The molecule has 0 saturated carbocycles. The Morgan fingerprint density at radius 1 is 1.32 bits per heavy atom. The smallest absolute Gasteiger partial charge is 0.254 e. The largest absolute Gasteiger partial charge is 0.356 e. The first-order valence-corrected chi connectivity index (χ1v) is 7.85. The van der Waals surface area contributed by atoms with Crippen molar-refractivity contribution in [1.82, 2.24) is 25.4 Å². The summed E-state index contributed by atoms with van der Waals surface area (Å²) < 4.78 is 1.58. The highest BCUT2D eigenvalue weighted by atomic mass is 16.2. The maximum atomic E-state index is 12.2. The molecule has 0 bridgehead atoms. The molecule has 1 aliphatic heterocycles. The van der Waals surface area contributed by atoms with Crippen molar-refractivity contribution >= 4 is 23.4 Å². The third kappa shape index (κ3) is 4.00. The molecule has 9 heteroatoms. The van der Waals surface area contributed by atoms with Gasteiger partial charge in [0.1, 0.15) is 12.4 Å².